The zero-order chi connectivity index (χ0) is 15.6. The van der Waals surface area contributed by atoms with E-state index >= 15 is 0 Å². The molecule has 0 aliphatic carbocycles. The third-order valence-electron chi connectivity index (χ3n) is 2.79. The number of rotatable bonds is 4. The summed E-state index contributed by atoms with van der Waals surface area (Å²) in [5.74, 6) is 0.321. The molecule has 7 heteroatoms. The minimum absolute atomic E-state index is 0.218. The Morgan fingerprint density at radius 2 is 1.76 bits per heavy atom. The topological polar surface area (TPSA) is 77.2 Å². The summed E-state index contributed by atoms with van der Waals surface area (Å²) in [4.78, 5) is 0.802. The maximum Gasteiger partial charge on any atom is 0.175 e. The predicted molar refractivity (Wildman–Crippen MR) is 88.2 cm³/mol. The number of nitrogen functional groups attached to an aromatic ring is 1. The number of hydrogen-bond donors (Lipinski definition) is 1. The van der Waals surface area contributed by atoms with Crippen LogP contribution in [0.4, 0.5) is 5.69 Å². The van der Waals surface area contributed by atoms with E-state index in [4.69, 9.17) is 5.73 Å². The Balaban J connectivity index is 2.20. The molecule has 0 aliphatic heterocycles. The van der Waals surface area contributed by atoms with E-state index in [1.54, 1.807) is 24.3 Å². The number of anilines is 1. The van der Waals surface area contributed by atoms with Gasteiger partial charge in [-0.05, 0) is 48.0 Å². The van der Waals surface area contributed by atoms with Gasteiger partial charge in [0.05, 0.1) is 21.4 Å². The Morgan fingerprint density at radius 3 is 2.29 bits per heavy atom. The molecule has 0 amide bonds. The van der Waals surface area contributed by atoms with Crippen LogP contribution in [0.25, 0.3) is 0 Å². The Labute approximate surface area is 134 Å². The van der Waals surface area contributed by atoms with Crippen molar-refractivity contribution < 1.29 is 12.6 Å². The maximum atomic E-state index is 12.3. The van der Waals surface area contributed by atoms with Gasteiger partial charge in [0.25, 0.3) is 0 Å². The van der Waals surface area contributed by atoms with Gasteiger partial charge in [0.2, 0.25) is 0 Å². The van der Waals surface area contributed by atoms with E-state index in [2.05, 4.69) is 15.9 Å². The van der Waals surface area contributed by atoms with Crippen molar-refractivity contribution in [3.63, 3.8) is 0 Å². The summed E-state index contributed by atoms with van der Waals surface area (Å²) in [6.45, 7) is 0. The summed E-state index contributed by atoms with van der Waals surface area (Å²) in [6.07, 6.45) is 1.14. The van der Waals surface area contributed by atoms with Crippen molar-refractivity contribution in [3.8, 4) is 0 Å². The Hall–Kier alpha value is -1.18. The summed E-state index contributed by atoms with van der Waals surface area (Å²) in [7, 11) is -4.49. The van der Waals surface area contributed by atoms with Crippen LogP contribution < -0.4 is 5.73 Å². The molecule has 0 aromatic heterocycles. The smallest absolute Gasteiger partial charge is 0.175 e. The first-order valence-electron chi connectivity index (χ1n) is 5.99. The summed E-state index contributed by atoms with van der Waals surface area (Å²) >= 11 is 3.34. The minimum Gasteiger partial charge on any atom is -0.399 e. The molecule has 0 spiro atoms. The Morgan fingerprint density at radius 1 is 1.14 bits per heavy atom. The first-order valence-corrected chi connectivity index (χ1v) is 9.99. The number of benzene rings is 2. The second-order valence-corrected chi connectivity index (χ2v) is 9.01. The van der Waals surface area contributed by atoms with Gasteiger partial charge >= 0.3 is 0 Å². The fourth-order valence-corrected chi connectivity index (χ4v) is 4.10. The molecule has 0 saturated carbocycles. The van der Waals surface area contributed by atoms with Crippen LogP contribution in [0.5, 0.6) is 0 Å². The zero-order valence-corrected chi connectivity index (χ0v) is 14.5. The van der Waals surface area contributed by atoms with Crippen LogP contribution in [0.3, 0.4) is 0 Å². The first kappa shape index (κ1) is 16.2. The van der Waals surface area contributed by atoms with Crippen LogP contribution >= 0.6 is 15.9 Å². The van der Waals surface area contributed by atoms with Crippen LogP contribution in [0.1, 0.15) is 5.56 Å². The molecule has 0 radical (unpaired) electrons. The summed E-state index contributed by atoms with van der Waals surface area (Å²) in [5, 5.41) is 0. The predicted octanol–water partition coefficient (Wildman–Crippen LogP) is 2.74. The van der Waals surface area contributed by atoms with Crippen molar-refractivity contribution in [2.75, 3.05) is 12.0 Å². The van der Waals surface area contributed by atoms with E-state index in [1.165, 1.54) is 12.1 Å². The number of halogens is 1. The lowest BCUT2D eigenvalue weighted by Crippen LogP contribution is -2.00. The second-order valence-electron chi connectivity index (χ2n) is 4.63. The van der Waals surface area contributed by atoms with Gasteiger partial charge in [-0.15, -0.1) is 0 Å². The van der Waals surface area contributed by atoms with Gasteiger partial charge in [0, 0.05) is 21.3 Å². The molecule has 0 fully saturated rings. The van der Waals surface area contributed by atoms with Crippen LogP contribution in [-0.4, -0.2) is 18.9 Å². The van der Waals surface area contributed by atoms with Crippen molar-refractivity contribution in [2.24, 2.45) is 0 Å². The van der Waals surface area contributed by atoms with Gasteiger partial charge in [-0.1, -0.05) is 15.9 Å². The Bertz CT molecular complexity index is 766. The van der Waals surface area contributed by atoms with E-state index in [1.807, 2.05) is 6.07 Å². The zero-order valence-electron chi connectivity index (χ0n) is 11.2. The molecule has 2 rings (SSSR count). The molecule has 0 saturated heterocycles. The molecule has 112 valence electrons. The van der Waals surface area contributed by atoms with Crippen LogP contribution in [0.2, 0.25) is 0 Å². The minimum atomic E-state index is -3.24. The molecule has 1 unspecified atom stereocenters. The lowest BCUT2D eigenvalue weighted by molar-refractivity contribution is 0.601. The third kappa shape index (κ3) is 4.39. The van der Waals surface area contributed by atoms with Gasteiger partial charge in [0.15, 0.2) is 9.84 Å². The van der Waals surface area contributed by atoms with E-state index in [0.717, 1.165) is 16.3 Å². The van der Waals surface area contributed by atoms with Gasteiger partial charge in [-0.3, -0.25) is 4.21 Å². The molecular formula is C14H14BrNO3S2. The molecule has 0 aliphatic rings. The third-order valence-corrected chi connectivity index (χ3v) is 5.77. The van der Waals surface area contributed by atoms with E-state index < -0.39 is 20.6 Å². The van der Waals surface area contributed by atoms with Crippen molar-refractivity contribution in [3.05, 3.63) is 52.5 Å². The summed E-state index contributed by atoms with van der Waals surface area (Å²) < 4.78 is 35.9. The molecule has 2 aromatic rings. The standard InChI is InChI=1S/C14H14BrNO3S2/c1-21(18,19)14-4-2-13(3-5-14)20(17)9-10-6-11(15)8-12(16)7-10/h2-8H,9,16H2,1H3. The van der Waals surface area contributed by atoms with E-state index in [9.17, 15) is 12.6 Å². The highest BCUT2D eigenvalue weighted by Gasteiger charge is 2.10. The number of sulfone groups is 1. The SMILES string of the molecule is CS(=O)(=O)c1ccc(S(=O)Cc2cc(N)cc(Br)c2)cc1. The highest BCUT2D eigenvalue weighted by molar-refractivity contribution is 9.10. The lowest BCUT2D eigenvalue weighted by atomic mass is 10.2. The summed E-state index contributed by atoms with van der Waals surface area (Å²) in [5.41, 5.74) is 7.20. The van der Waals surface area contributed by atoms with Gasteiger partial charge in [-0.25, -0.2) is 8.42 Å². The van der Waals surface area contributed by atoms with Gasteiger partial charge < -0.3 is 5.73 Å². The maximum absolute atomic E-state index is 12.3. The monoisotopic (exact) mass is 387 g/mol. The van der Waals surface area contributed by atoms with Crippen molar-refractivity contribution >= 4 is 42.3 Å². The van der Waals surface area contributed by atoms with Crippen molar-refractivity contribution in [1.29, 1.82) is 0 Å². The van der Waals surface area contributed by atoms with E-state index in [0.29, 0.717) is 16.3 Å². The van der Waals surface area contributed by atoms with Crippen LogP contribution in [0, 0.1) is 0 Å². The Kier molecular flexibility index (Phi) is 4.85. The number of nitrogens with two attached hydrogens (primary N) is 1. The fourth-order valence-electron chi connectivity index (χ4n) is 1.83. The average molecular weight is 388 g/mol. The van der Waals surface area contributed by atoms with Crippen LogP contribution in [-0.2, 0) is 26.4 Å². The quantitative estimate of drug-likeness (QED) is 0.818. The summed E-state index contributed by atoms with van der Waals surface area (Å²) in [6, 6.07) is 11.5. The van der Waals surface area contributed by atoms with Crippen LogP contribution in [0.15, 0.2) is 56.7 Å². The highest BCUT2D eigenvalue weighted by Crippen LogP contribution is 2.21. The normalized spacial score (nSPS) is 13.0. The lowest BCUT2D eigenvalue weighted by Gasteiger charge is -2.06. The second kappa shape index (κ2) is 6.29. The number of hydrogen-bond acceptors (Lipinski definition) is 4. The molecule has 2 N–H and O–H groups in total. The molecule has 2 aromatic carbocycles. The molecule has 0 heterocycles. The highest BCUT2D eigenvalue weighted by atomic mass is 79.9. The molecular weight excluding hydrogens is 374 g/mol. The fraction of sp³-hybridized carbons (Fsp3) is 0.143. The molecule has 21 heavy (non-hydrogen) atoms. The first-order chi connectivity index (χ1) is 9.75. The van der Waals surface area contributed by atoms with Crippen molar-refractivity contribution in [2.45, 2.75) is 15.5 Å². The largest absolute Gasteiger partial charge is 0.399 e. The molecule has 1 atom stereocenters. The molecule has 0 bridgehead atoms. The van der Waals surface area contributed by atoms with Gasteiger partial charge in [-0.2, -0.15) is 0 Å². The van der Waals surface area contributed by atoms with Gasteiger partial charge in [0.1, 0.15) is 0 Å². The van der Waals surface area contributed by atoms with E-state index in [-0.39, 0.29) is 4.90 Å². The average Bonchev–Trinajstić information content (AvgIpc) is 2.36. The molecule has 4 nitrogen and oxygen atoms in total. The van der Waals surface area contributed by atoms with Crippen molar-refractivity contribution in [1.82, 2.24) is 0 Å².